The number of pyridine rings is 2. The minimum atomic E-state index is 0.672. The second-order valence-electron chi connectivity index (χ2n) is 3.69. The van der Waals surface area contributed by atoms with E-state index in [1.54, 1.807) is 29.9 Å². The van der Waals surface area contributed by atoms with Gasteiger partial charge < -0.3 is 0 Å². The van der Waals surface area contributed by atoms with E-state index in [1.807, 2.05) is 12.1 Å². The van der Waals surface area contributed by atoms with Gasteiger partial charge in [-0.2, -0.15) is 0 Å². The van der Waals surface area contributed by atoms with E-state index >= 15 is 0 Å². The molecule has 0 saturated heterocycles. The molecule has 80 valence electrons. The molecule has 0 atom stereocenters. The Morgan fingerprint density at radius 2 is 1.82 bits per heavy atom. The summed E-state index contributed by atoms with van der Waals surface area (Å²) in [5.41, 5.74) is 3.36. The van der Waals surface area contributed by atoms with Crippen LogP contribution in [-0.2, 0) is 0 Å². The van der Waals surface area contributed by atoms with Gasteiger partial charge in [-0.3, -0.25) is 9.97 Å². The zero-order chi connectivity index (χ0) is 11.2. The van der Waals surface area contributed by atoms with Crippen LogP contribution in [0.15, 0.2) is 36.8 Å². The molecule has 0 unspecified atom stereocenters. The van der Waals surface area contributed by atoms with Crippen molar-refractivity contribution in [1.29, 1.82) is 0 Å². The predicted molar refractivity (Wildman–Crippen MR) is 68.0 cm³/mol. The van der Waals surface area contributed by atoms with Gasteiger partial charge in [-0.25, -0.2) is 9.97 Å². The zero-order valence-corrected chi connectivity index (χ0v) is 9.48. The van der Waals surface area contributed by atoms with Crippen LogP contribution in [0.5, 0.6) is 0 Å². The third-order valence-electron chi connectivity index (χ3n) is 2.64. The molecule has 0 aliphatic heterocycles. The maximum atomic E-state index is 4.54. The molecule has 0 radical (unpaired) electrons. The van der Waals surface area contributed by atoms with Gasteiger partial charge >= 0.3 is 0 Å². The molecular weight excluding hydrogens is 232 g/mol. The quantitative estimate of drug-likeness (QED) is 0.472. The molecule has 0 amide bonds. The van der Waals surface area contributed by atoms with E-state index in [0.717, 1.165) is 25.9 Å². The SMILES string of the molecule is c1cnc2c(c1)sc1cc3nccnc3nc12. The Bertz CT molecular complexity index is 847. The zero-order valence-electron chi connectivity index (χ0n) is 8.66. The third kappa shape index (κ3) is 1.23. The van der Waals surface area contributed by atoms with Crippen molar-refractivity contribution in [1.82, 2.24) is 19.9 Å². The molecular formula is C12H6N4S. The number of nitrogens with zero attached hydrogens (tertiary/aromatic N) is 4. The lowest BCUT2D eigenvalue weighted by atomic mass is 10.3. The van der Waals surface area contributed by atoms with Crippen LogP contribution in [0.3, 0.4) is 0 Å². The second-order valence-corrected chi connectivity index (χ2v) is 4.77. The predicted octanol–water partition coefficient (Wildman–Crippen LogP) is 2.79. The van der Waals surface area contributed by atoms with E-state index in [1.165, 1.54) is 0 Å². The third-order valence-corrected chi connectivity index (χ3v) is 3.72. The van der Waals surface area contributed by atoms with Crippen LogP contribution in [0, 0.1) is 0 Å². The van der Waals surface area contributed by atoms with E-state index in [2.05, 4.69) is 26.0 Å². The van der Waals surface area contributed by atoms with Gasteiger partial charge in [-0.15, -0.1) is 11.3 Å². The molecule has 0 aliphatic carbocycles. The summed E-state index contributed by atoms with van der Waals surface area (Å²) in [6.45, 7) is 0. The highest BCUT2D eigenvalue weighted by Crippen LogP contribution is 2.31. The van der Waals surface area contributed by atoms with Crippen molar-refractivity contribution in [3.63, 3.8) is 0 Å². The van der Waals surface area contributed by atoms with E-state index < -0.39 is 0 Å². The lowest BCUT2D eigenvalue weighted by molar-refractivity contribution is 1.25. The summed E-state index contributed by atoms with van der Waals surface area (Å²) in [6, 6.07) is 6.02. The minimum Gasteiger partial charge on any atom is -0.253 e. The molecule has 4 aromatic heterocycles. The van der Waals surface area contributed by atoms with Crippen LogP contribution in [0.4, 0.5) is 0 Å². The number of hydrogen-bond acceptors (Lipinski definition) is 5. The smallest absolute Gasteiger partial charge is 0.178 e. The first kappa shape index (κ1) is 8.95. The Kier molecular flexibility index (Phi) is 1.67. The molecule has 0 saturated carbocycles. The second kappa shape index (κ2) is 3.18. The van der Waals surface area contributed by atoms with Crippen molar-refractivity contribution in [3.8, 4) is 0 Å². The molecule has 17 heavy (non-hydrogen) atoms. The lowest BCUT2D eigenvalue weighted by Gasteiger charge is -1.94. The molecule has 0 fully saturated rings. The fraction of sp³-hybridized carbons (Fsp3) is 0. The summed E-state index contributed by atoms with van der Waals surface area (Å²) in [5.74, 6) is 0. The monoisotopic (exact) mass is 238 g/mol. The number of fused-ring (bicyclic) bond motifs is 4. The van der Waals surface area contributed by atoms with Crippen molar-refractivity contribution in [3.05, 3.63) is 36.8 Å². The molecule has 0 aromatic carbocycles. The van der Waals surface area contributed by atoms with Crippen LogP contribution in [0.2, 0.25) is 0 Å². The van der Waals surface area contributed by atoms with Crippen molar-refractivity contribution in [2.45, 2.75) is 0 Å². The molecule has 4 heterocycles. The van der Waals surface area contributed by atoms with Gasteiger partial charge in [0.2, 0.25) is 0 Å². The first-order valence-electron chi connectivity index (χ1n) is 5.17. The van der Waals surface area contributed by atoms with Crippen molar-refractivity contribution in [2.24, 2.45) is 0 Å². The van der Waals surface area contributed by atoms with Gasteiger partial charge in [0, 0.05) is 18.6 Å². The number of hydrogen-bond donors (Lipinski definition) is 0. The fourth-order valence-corrected chi connectivity index (χ4v) is 2.94. The largest absolute Gasteiger partial charge is 0.253 e. The van der Waals surface area contributed by atoms with E-state index in [9.17, 15) is 0 Å². The average molecular weight is 238 g/mol. The Labute approximate surface area is 100.0 Å². The first-order valence-corrected chi connectivity index (χ1v) is 5.98. The van der Waals surface area contributed by atoms with Crippen LogP contribution >= 0.6 is 11.3 Å². The summed E-state index contributed by atoms with van der Waals surface area (Å²) < 4.78 is 2.25. The highest BCUT2D eigenvalue weighted by atomic mass is 32.1. The van der Waals surface area contributed by atoms with E-state index in [-0.39, 0.29) is 0 Å². The molecule has 4 nitrogen and oxygen atoms in total. The van der Waals surface area contributed by atoms with Gasteiger partial charge in [0.1, 0.15) is 16.6 Å². The van der Waals surface area contributed by atoms with E-state index in [4.69, 9.17) is 0 Å². The molecule has 5 heteroatoms. The van der Waals surface area contributed by atoms with Gasteiger partial charge in [-0.1, -0.05) is 0 Å². The van der Waals surface area contributed by atoms with Gasteiger partial charge in [0.15, 0.2) is 5.65 Å². The highest BCUT2D eigenvalue weighted by Gasteiger charge is 2.09. The normalized spacial score (nSPS) is 11.5. The minimum absolute atomic E-state index is 0.672. The molecule has 4 rings (SSSR count). The molecule has 0 spiro atoms. The maximum absolute atomic E-state index is 4.54. The Balaban J connectivity index is 2.28. The summed E-state index contributed by atoms with van der Waals surface area (Å²) in [7, 11) is 0. The Hall–Kier alpha value is -2.14. The Morgan fingerprint density at radius 1 is 0.882 bits per heavy atom. The topological polar surface area (TPSA) is 51.6 Å². The van der Waals surface area contributed by atoms with Crippen LogP contribution in [-0.4, -0.2) is 19.9 Å². The van der Waals surface area contributed by atoms with Crippen molar-refractivity contribution in [2.75, 3.05) is 0 Å². The van der Waals surface area contributed by atoms with Crippen LogP contribution < -0.4 is 0 Å². The lowest BCUT2D eigenvalue weighted by Crippen LogP contribution is -1.86. The van der Waals surface area contributed by atoms with Gasteiger partial charge in [-0.05, 0) is 18.2 Å². The highest BCUT2D eigenvalue weighted by molar-refractivity contribution is 7.25. The van der Waals surface area contributed by atoms with Crippen molar-refractivity contribution < 1.29 is 0 Å². The van der Waals surface area contributed by atoms with E-state index in [0.29, 0.717) is 5.65 Å². The number of rotatable bonds is 0. The van der Waals surface area contributed by atoms with Crippen LogP contribution in [0.25, 0.3) is 31.6 Å². The number of thiophene rings is 1. The summed E-state index contributed by atoms with van der Waals surface area (Å²) in [4.78, 5) is 17.4. The molecule has 0 bridgehead atoms. The molecule has 4 aromatic rings. The van der Waals surface area contributed by atoms with Crippen LogP contribution in [0.1, 0.15) is 0 Å². The summed E-state index contributed by atoms with van der Waals surface area (Å²) in [6.07, 6.45) is 5.13. The van der Waals surface area contributed by atoms with Gasteiger partial charge in [0.25, 0.3) is 0 Å². The average Bonchev–Trinajstić information content (AvgIpc) is 2.73. The fourth-order valence-electron chi connectivity index (χ4n) is 1.90. The van der Waals surface area contributed by atoms with Gasteiger partial charge in [0.05, 0.1) is 9.40 Å². The molecule has 0 N–H and O–H groups in total. The first-order chi connectivity index (χ1) is 8.42. The number of aromatic nitrogens is 4. The Morgan fingerprint density at radius 3 is 2.82 bits per heavy atom. The summed E-state index contributed by atoms with van der Waals surface area (Å²) in [5, 5.41) is 0. The summed E-state index contributed by atoms with van der Waals surface area (Å²) >= 11 is 1.68. The molecule has 0 aliphatic rings. The van der Waals surface area contributed by atoms with Crippen molar-refractivity contribution >= 4 is 42.9 Å². The maximum Gasteiger partial charge on any atom is 0.178 e. The standard InChI is InChI=1S/C12H6N4S/c1-2-8-10(14-3-1)11-9(17-8)6-7-12(16-11)15-5-4-13-7/h1-6H.